The van der Waals surface area contributed by atoms with Gasteiger partial charge in [0.15, 0.2) is 12.6 Å². The SMILES string of the molecule is CO[C@H]1O[C@H](CO)[C@H]2O[C@@](C)(OC)[C@](C)(OC)O[C@@H]2[C@H]1OC1O[C@H](CO)[C@@H](OCc2ccccc2)[C@H](OCc2ccccc2)[C@@H]1OCc1ccccc1. The number of hydrogen-bond acceptors (Lipinski definition) is 13. The molecule has 13 heteroatoms. The lowest BCUT2D eigenvalue weighted by Gasteiger charge is -2.57. The van der Waals surface area contributed by atoms with Crippen molar-refractivity contribution >= 4 is 0 Å². The number of hydrogen-bond donors (Lipinski definition) is 2. The Morgan fingerprint density at radius 2 is 0.962 bits per heavy atom. The van der Waals surface area contributed by atoms with Crippen molar-refractivity contribution in [3.05, 3.63) is 108 Å². The second kappa shape index (κ2) is 18.2. The van der Waals surface area contributed by atoms with Crippen molar-refractivity contribution < 1.29 is 62.3 Å². The lowest BCUT2D eigenvalue weighted by Crippen LogP contribution is -2.74. The molecule has 3 heterocycles. The van der Waals surface area contributed by atoms with Gasteiger partial charge in [-0.1, -0.05) is 91.0 Å². The molecule has 12 atom stereocenters. The fourth-order valence-electron chi connectivity index (χ4n) is 6.99. The molecule has 0 saturated carbocycles. The average molecular weight is 741 g/mol. The second-order valence-corrected chi connectivity index (χ2v) is 13.5. The topological polar surface area (TPSA) is 142 Å². The Hall–Kier alpha value is -2.86. The minimum absolute atomic E-state index is 0.191. The van der Waals surface area contributed by atoms with E-state index in [1.54, 1.807) is 13.8 Å². The summed E-state index contributed by atoms with van der Waals surface area (Å²) < 4.78 is 70.0. The summed E-state index contributed by atoms with van der Waals surface area (Å²) in [6.07, 6.45) is -9.26. The number of fused-ring (bicyclic) bond motifs is 1. The molecule has 3 fully saturated rings. The zero-order chi connectivity index (χ0) is 37.4. The molecule has 0 aliphatic carbocycles. The van der Waals surface area contributed by atoms with Crippen LogP contribution in [0.15, 0.2) is 91.0 Å². The second-order valence-electron chi connectivity index (χ2n) is 13.5. The summed E-state index contributed by atoms with van der Waals surface area (Å²) in [5.41, 5.74) is 2.79. The maximum absolute atomic E-state index is 10.8. The molecule has 3 aromatic rings. The summed E-state index contributed by atoms with van der Waals surface area (Å²) in [5, 5.41) is 21.2. The van der Waals surface area contributed by atoms with Gasteiger partial charge in [-0.15, -0.1) is 0 Å². The van der Waals surface area contributed by atoms with Crippen molar-refractivity contribution in [2.45, 2.75) is 107 Å². The monoisotopic (exact) mass is 740 g/mol. The summed E-state index contributed by atoms with van der Waals surface area (Å²) in [6, 6.07) is 29.2. The highest BCUT2D eigenvalue weighted by molar-refractivity contribution is 5.16. The minimum Gasteiger partial charge on any atom is -0.394 e. The quantitative estimate of drug-likeness (QED) is 0.221. The van der Waals surface area contributed by atoms with Crippen molar-refractivity contribution in [2.75, 3.05) is 34.5 Å². The van der Waals surface area contributed by atoms with Crippen LogP contribution in [0, 0.1) is 0 Å². The summed E-state index contributed by atoms with van der Waals surface area (Å²) in [6.45, 7) is 3.23. The molecule has 3 aliphatic heterocycles. The van der Waals surface area contributed by atoms with Crippen molar-refractivity contribution in [1.82, 2.24) is 0 Å². The molecule has 0 spiro atoms. The Labute approximate surface area is 310 Å². The molecule has 290 valence electrons. The summed E-state index contributed by atoms with van der Waals surface area (Å²) >= 11 is 0. The molecule has 1 unspecified atom stereocenters. The lowest BCUT2D eigenvalue weighted by atomic mass is 9.93. The van der Waals surface area contributed by atoms with Gasteiger partial charge in [0.2, 0.25) is 11.6 Å². The van der Waals surface area contributed by atoms with E-state index in [1.807, 2.05) is 91.0 Å². The molecule has 3 saturated heterocycles. The third kappa shape index (κ3) is 8.84. The van der Waals surface area contributed by atoms with Crippen LogP contribution >= 0.6 is 0 Å². The first-order valence-corrected chi connectivity index (χ1v) is 17.9. The molecule has 3 aromatic carbocycles. The Morgan fingerprint density at radius 3 is 1.42 bits per heavy atom. The van der Waals surface area contributed by atoms with Gasteiger partial charge >= 0.3 is 0 Å². The maximum Gasteiger partial charge on any atom is 0.220 e. The fraction of sp³-hybridized carbons (Fsp3) is 0.550. The van der Waals surface area contributed by atoms with Crippen molar-refractivity contribution in [3.63, 3.8) is 0 Å². The molecule has 0 bridgehead atoms. The summed E-state index contributed by atoms with van der Waals surface area (Å²) in [5.74, 6) is -2.80. The average Bonchev–Trinajstić information content (AvgIpc) is 3.20. The number of rotatable bonds is 16. The van der Waals surface area contributed by atoms with Crippen LogP contribution in [-0.2, 0) is 71.9 Å². The van der Waals surface area contributed by atoms with Crippen LogP contribution in [0.1, 0.15) is 30.5 Å². The highest BCUT2D eigenvalue weighted by Crippen LogP contribution is 2.45. The zero-order valence-electron chi connectivity index (χ0n) is 30.9. The van der Waals surface area contributed by atoms with Crippen molar-refractivity contribution in [1.29, 1.82) is 0 Å². The van der Waals surface area contributed by atoms with Crippen LogP contribution in [0.25, 0.3) is 0 Å². The van der Waals surface area contributed by atoms with Crippen LogP contribution in [0.5, 0.6) is 0 Å². The highest BCUT2D eigenvalue weighted by atomic mass is 16.8. The predicted octanol–water partition coefficient (Wildman–Crippen LogP) is 3.72. The predicted molar refractivity (Wildman–Crippen MR) is 189 cm³/mol. The van der Waals surface area contributed by atoms with Crippen LogP contribution in [0.2, 0.25) is 0 Å². The largest absolute Gasteiger partial charge is 0.394 e. The molecule has 0 aromatic heterocycles. The standard InChI is InChI=1S/C40H52O13/c1-39(44-4)40(2,45-5)53-34-32(52-39)30(22-42)49-37(43-3)36(34)51-38-35(48-25-28-19-13-8-14-20-28)33(47-24-27-17-11-7-12-18-27)31(29(21-41)50-38)46-23-26-15-9-6-10-16-26/h6-20,29-38,41-42H,21-25H2,1-5H3/t29-,30-,31-,32-,33+,34+,35+,36-,37+,38?,39-,40-/m1/s1. The zero-order valence-corrected chi connectivity index (χ0v) is 30.9. The van der Waals surface area contributed by atoms with Gasteiger partial charge < -0.3 is 62.3 Å². The fourth-order valence-corrected chi connectivity index (χ4v) is 6.99. The molecule has 53 heavy (non-hydrogen) atoms. The smallest absolute Gasteiger partial charge is 0.220 e. The van der Waals surface area contributed by atoms with Gasteiger partial charge in [0.25, 0.3) is 0 Å². The molecular formula is C40H52O13. The Kier molecular flexibility index (Phi) is 13.7. The number of ether oxygens (including phenoxy) is 11. The van der Waals surface area contributed by atoms with Gasteiger partial charge in [-0.25, -0.2) is 0 Å². The highest BCUT2D eigenvalue weighted by Gasteiger charge is 2.63. The minimum atomic E-state index is -1.41. The van der Waals surface area contributed by atoms with E-state index in [1.165, 1.54) is 21.3 Å². The Bertz CT molecular complexity index is 1520. The van der Waals surface area contributed by atoms with E-state index in [4.69, 9.17) is 52.1 Å². The third-order valence-corrected chi connectivity index (χ3v) is 10.2. The van der Waals surface area contributed by atoms with Gasteiger partial charge in [0.05, 0.1) is 33.0 Å². The van der Waals surface area contributed by atoms with E-state index in [2.05, 4.69) is 0 Å². The maximum atomic E-state index is 10.8. The Balaban J connectivity index is 1.36. The third-order valence-electron chi connectivity index (χ3n) is 10.2. The molecule has 2 N–H and O–H groups in total. The normalized spacial score (nSPS) is 35.8. The summed E-state index contributed by atoms with van der Waals surface area (Å²) in [4.78, 5) is 0. The first-order valence-electron chi connectivity index (χ1n) is 17.9. The molecule has 0 amide bonds. The molecule has 6 rings (SSSR count). The van der Waals surface area contributed by atoms with Crippen LogP contribution in [-0.4, -0.2) is 118 Å². The van der Waals surface area contributed by atoms with Gasteiger partial charge in [-0.05, 0) is 30.5 Å². The first-order chi connectivity index (χ1) is 25.8. The number of aliphatic hydroxyl groups is 2. The lowest BCUT2D eigenvalue weighted by molar-refractivity contribution is -0.486. The van der Waals surface area contributed by atoms with Gasteiger partial charge in [0.1, 0.15) is 48.8 Å². The van der Waals surface area contributed by atoms with Crippen LogP contribution in [0.3, 0.4) is 0 Å². The molecule has 13 nitrogen and oxygen atoms in total. The first kappa shape index (κ1) is 39.8. The Morgan fingerprint density at radius 1 is 0.528 bits per heavy atom. The van der Waals surface area contributed by atoms with Crippen LogP contribution < -0.4 is 0 Å². The number of methoxy groups -OCH3 is 3. The van der Waals surface area contributed by atoms with Crippen LogP contribution in [0.4, 0.5) is 0 Å². The van der Waals surface area contributed by atoms with Gasteiger partial charge in [-0.3, -0.25) is 0 Å². The number of aliphatic hydroxyl groups excluding tert-OH is 2. The molecule has 0 radical (unpaired) electrons. The van der Waals surface area contributed by atoms with E-state index in [-0.39, 0.29) is 19.8 Å². The van der Waals surface area contributed by atoms with Gasteiger partial charge in [-0.2, -0.15) is 0 Å². The van der Waals surface area contributed by atoms with Gasteiger partial charge in [0, 0.05) is 21.3 Å². The number of benzene rings is 3. The van der Waals surface area contributed by atoms with E-state index >= 15 is 0 Å². The van der Waals surface area contributed by atoms with Crippen molar-refractivity contribution in [3.8, 4) is 0 Å². The molecular weight excluding hydrogens is 688 g/mol. The van der Waals surface area contributed by atoms with E-state index in [9.17, 15) is 10.2 Å². The summed E-state index contributed by atoms with van der Waals surface area (Å²) in [7, 11) is 4.44. The van der Waals surface area contributed by atoms with E-state index in [0.717, 1.165) is 16.7 Å². The molecule has 3 aliphatic rings. The van der Waals surface area contributed by atoms with E-state index < -0.39 is 86.2 Å². The van der Waals surface area contributed by atoms with Crippen molar-refractivity contribution in [2.24, 2.45) is 0 Å². The van der Waals surface area contributed by atoms with E-state index in [0.29, 0.717) is 0 Å².